The number of pyridine rings is 1. The molecular weight excluding hydrogens is 397 g/mol. The highest BCUT2D eigenvalue weighted by Gasteiger charge is 2.41. The zero-order valence-electron chi connectivity index (χ0n) is 16.2. The maximum atomic E-state index is 13.9. The van der Waals surface area contributed by atoms with Crippen LogP contribution in [-0.2, 0) is 4.79 Å². The topological polar surface area (TPSA) is 80.1 Å². The molecule has 2 amide bonds. The molecule has 0 bridgehead atoms. The maximum Gasteiger partial charge on any atom is 0.273 e. The number of hydrogen-bond acceptors (Lipinski definition) is 4. The summed E-state index contributed by atoms with van der Waals surface area (Å²) in [5.41, 5.74) is 1.53. The van der Waals surface area contributed by atoms with E-state index in [1.807, 2.05) is 0 Å². The lowest BCUT2D eigenvalue weighted by molar-refractivity contribution is -0.133. The number of rotatable bonds is 2. The number of carbonyl (C=O) groups is 2. The van der Waals surface area contributed by atoms with E-state index in [1.165, 1.54) is 17.0 Å². The van der Waals surface area contributed by atoms with E-state index in [9.17, 15) is 14.0 Å². The van der Waals surface area contributed by atoms with Crippen molar-refractivity contribution in [2.24, 2.45) is 0 Å². The maximum absolute atomic E-state index is 13.9. The predicted molar refractivity (Wildman–Crippen MR) is 107 cm³/mol. The zero-order valence-corrected chi connectivity index (χ0v) is 16.9. The van der Waals surface area contributed by atoms with Crippen molar-refractivity contribution in [1.82, 2.24) is 25.0 Å². The number of piperazine rings is 1. The summed E-state index contributed by atoms with van der Waals surface area (Å²) >= 11 is 5.77. The van der Waals surface area contributed by atoms with E-state index in [0.29, 0.717) is 35.5 Å². The number of fused-ring (bicyclic) bond motifs is 1. The standard InChI is InChI=1S/C20H19ClFN5O2/c1-11-17-16(27(25-11)12-4-5-13(21)14(22)10-12)7-6-15(24-17)18(28)26-9-8-23-19(29)20(26,2)3/h4-7,10H,8-9H2,1-3H3,(H,23,29). The molecule has 29 heavy (non-hydrogen) atoms. The highest BCUT2D eigenvalue weighted by molar-refractivity contribution is 6.30. The van der Waals surface area contributed by atoms with Gasteiger partial charge in [0.15, 0.2) is 0 Å². The van der Waals surface area contributed by atoms with E-state index in [1.54, 1.807) is 43.7 Å². The average Bonchev–Trinajstić information content (AvgIpc) is 3.02. The van der Waals surface area contributed by atoms with Gasteiger partial charge in [-0.15, -0.1) is 0 Å². The number of benzene rings is 1. The van der Waals surface area contributed by atoms with Gasteiger partial charge in [-0.05, 0) is 45.0 Å². The van der Waals surface area contributed by atoms with Crippen molar-refractivity contribution in [2.45, 2.75) is 26.3 Å². The van der Waals surface area contributed by atoms with Crippen molar-refractivity contribution in [2.75, 3.05) is 13.1 Å². The van der Waals surface area contributed by atoms with Crippen LogP contribution in [0, 0.1) is 12.7 Å². The van der Waals surface area contributed by atoms with Gasteiger partial charge in [-0.25, -0.2) is 14.1 Å². The van der Waals surface area contributed by atoms with Crippen molar-refractivity contribution >= 4 is 34.4 Å². The minimum atomic E-state index is -0.966. The Kier molecular flexibility index (Phi) is 4.53. The fourth-order valence-electron chi connectivity index (χ4n) is 3.47. The lowest BCUT2D eigenvalue weighted by Gasteiger charge is -2.40. The van der Waals surface area contributed by atoms with E-state index < -0.39 is 11.4 Å². The lowest BCUT2D eigenvalue weighted by Crippen LogP contribution is -2.63. The van der Waals surface area contributed by atoms with E-state index in [2.05, 4.69) is 15.4 Å². The Morgan fingerprint density at radius 1 is 1.28 bits per heavy atom. The third kappa shape index (κ3) is 3.13. The van der Waals surface area contributed by atoms with Crippen LogP contribution >= 0.6 is 11.6 Å². The normalized spacial score (nSPS) is 16.2. The van der Waals surface area contributed by atoms with Gasteiger partial charge in [-0.1, -0.05) is 11.6 Å². The van der Waals surface area contributed by atoms with Crippen LogP contribution in [0.1, 0.15) is 30.0 Å². The lowest BCUT2D eigenvalue weighted by atomic mass is 9.98. The van der Waals surface area contributed by atoms with Gasteiger partial charge in [0.25, 0.3) is 5.91 Å². The average molecular weight is 416 g/mol. The summed E-state index contributed by atoms with van der Waals surface area (Å²) in [6.45, 7) is 5.98. The number of hydrogen-bond donors (Lipinski definition) is 1. The van der Waals surface area contributed by atoms with E-state index >= 15 is 0 Å². The van der Waals surface area contributed by atoms with Gasteiger partial charge in [0.05, 0.1) is 21.9 Å². The molecule has 1 aliphatic heterocycles. The van der Waals surface area contributed by atoms with Gasteiger partial charge >= 0.3 is 0 Å². The van der Waals surface area contributed by atoms with E-state index in [0.717, 1.165) is 0 Å². The van der Waals surface area contributed by atoms with Crippen molar-refractivity contribution in [1.29, 1.82) is 0 Å². The Balaban J connectivity index is 1.76. The summed E-state index contributed by atoms with van der Waals surface area (Å²) in [4.78, 5) is 31.3. The van der Waals surface area contributed by atoms with Crippen molar-refractivity contribution in [3.63, 3.8) is 0 Å². The number of halogens is 2. The van der Waals surface area contributed by atoms with Crippen LogP contribution in [-0.4, -0.2) is 50.1 Å². The number of nitrogens with one attached hydrogen (secondary N) is 1. The Morgan fingerprint density at radius 3 is 2.76 bits per heavy atom. The molecule has 0 aliphatic carbocycles. The summed E-state index contributed by atoms with van der Waals surface area (Å²) in [5, 5.41) is 7.24. The molecule has 1 fully saturated rings. The second kappa shape index (κ2) is 6.81. The molecule has 0 saturated carbocycles. The summed E-state index contributed by atoms with van der Waals surface area (Å²) in [7, 11) is 0. The molecule has 3 heterocycles. The highest BCUT2D eigenvalue weighted by Crippen LogP contribution is 2.25. The molecule has 0 radical (unpaired) electrons. The molecule has 1 aromatic carbocycles. The molecule has 150 valence electrons. The molecule has 4 rings (SSSR count). The second-order valence-corrected chi connectivity index (χ2v) is 7.84. The molecule has 1 aliphatic rings. The largest absolute Gasteiger partial charge is 0.352 e. The van der Waals surface area contributed by atoms with Crippen molar-refractivity contribution in [3.05, 3.63) is 52.6 Å². The molecule has 0 atom stereocenters. The van der Waals surface area contributed by atoms with Crippen LogP contribution < -0.4 is 5.32 Å². The first-order chi connectivity index (χ1) is 13.7. The van der Waals surface area contributed by atoms with E-state index in [-0.39, 0.29) is 22.5 Å². The fourth-order valence-corrected chi connectivity index (χ4v) is 3.58. The molecule has 2 aromatic heterocycles. The van der Waals surface area contributed by atoms with Crippen LogP contribution in [0.15, 0.2) is 30.3 Å². The number of aromatic nitrogens is 3. The van der Waals surface area contributed by atoms with Crippen LogP contribution in [0.3, 0.4) is 0 Å². The van der Waals surface area contributed by atoms with Gasteiger partial charge in [0.2, 0.25) is 5.91 Å². The van der Waals surface area contributed by atoms with Gasteiger partial charge < -0.3 is 10.2 Å². The minimum absolute atomic E-state index is 0.0288. The molecule has 1 saturated heterocycles. The highest BCUT2D eigenvalue weighted by atomic mass is 35.5. The summed E-state index contributed by atoms with van der Waals surface area (Å²) in [5.74, 6) is -1.07. The summed E-state index contributed by atoms with van der Waals surface area (Å²) < 4.78 is 15.4. The number of nitrogens with zero attached hydrogens (tertiary/aromatic N) is 4. The van der Waals surface area contributed by atoms with Gasteiger partial charge in [0, 0.05) is 19.2 Å². The smallest absolute Gasteiger partial charge is 0.273 e. The zero-order chi connectivity index (χ0) is 20.9. The molecular formula is C20H19ClFN5O2. The SMILES string of the molecule is Cc1nn(-c2ccc(Cl)c(F)c2)c2ccc(C(=O)N3CCNC(=O)C3(C)C)nc12. The number of amides is 2. The molecule has 7 nitrogen and oxygen atoms in total. The summed E-state index contributed by atoms with van der Waals surface area (Å²) in [6, 6.07) is 7.73. The third-order valence-electron chi connectivity index (χ3n) is 5.16. The fraction of sp³-hybridized carbons (Fsp3) is 0.300. The molecule has 0 unspecified atom stereocenters. The van der Waals surface area contributed by atoms with Crippen LogP contribution in [0.25, 0.3) is 16.7 Å². The Morgan fingerprint density at radius 2 is 2.03 bits per heavy atom. The Labute approximate surface area is 171 Å². The predicted octanol–water partition coefficient (Wildman–Crippen LogP) is 2.87. The van der Waals surface area contributed by atoms with Crippen molar-refractivity contribution < 1.29 is 14.0 Å². The van der Waals surface area contributed by atoms with Gasteiger partial charge in [-0.2, -0.15) is 5.10 Å². The number of aryl methyl sites for hydroxylation is 1. The first kappa shape index (κ1) is 19.3. The van der Waals surface area contributed by atoms with Crippen LogP contribution in [0.4, 0.5) is 4.39 Å². The molecule has 0 spiro atoms. The first-order valence-electron chi connectivity index (χ1n) is 9.12. The van der Waals surface area contributed by atoms with Gasteiger partial charge in [-0.3, -0.25) is 9.59 Å². The summed E-state index contributed by atoms with van der Waals surface area (Å²) in [6.07, 6.45) is 0. The molecule has 3 aromatic rings. The second-order valence-electron chi connectivity index (χ2n) is 7.43. The van der Waals surface area contributed by atoms with Crippen LogP contribution in [0.2, 0.25) is 5.02 Å². The van der Waals surface area contributed by atoms with Crippen LogP contribution in [0.5, 0.6) is 0 Å². The minimum Gasteiger partial charge on any atom is -0.352 e. The monoisotopic (exact) mass is 415 g/mol. The number of carbonyl (C=O) groups excluding carboxylic acids is 2. The van der Waals surface area contributed by atoms with E-state index in [4.69, 9.17) is 11.6 Å². The Hall–Kier alpha value is -3.00. The first-order valence-corrected chi connectivity index (χ1v) is 9.50. The van der Waals surface area contributed by atoms with Gasteiger partial charge in [0.1, 0.15) is 22.6 Å². The van der Waals surface area contributed by atoms with Crippen molar-refractivity contribution in [3.8, 4) is 5.69 Å². The third-order valence-corrected chi connectivity index (χ3v) is 5.46. The molecule has 9 heteroatoms. The molecule has 1 N–H and O–H groups in total. The Bertz CT molecular complexity index is 1160. The quantitative estimate of drug-likeness (QED) is 0.698.